The zero-order valence-corrected chi connectivity index (χ0v) is 16.0. The van der Waals surface area contributed by atoms with Gasteiger partial charge in [0.25, 0.3) is 0 Å². The number of likely N-dealkylation sites (tertiary alicyclic amines) is 1. The SMILES string of the molecule is CCNC(=NCc1ccc(CN2CCCC2=O)cc1)NCCn1cccc1. The van der Waals surface area contributed by atoms with E-state index < -0.39 is 0 Å². The summed E-state index contributed by atoms with van der Waals surface area (Å²) >= 11 is 0. The molecule has 1 aromatic heterocycles. The van der Waals surface area contributed by atoms with E-state index in [0.29, 0.717) is 19.5 Å². The molecule has 2 heterocycles. The number of aliphatic imine (C=N–C) groups is 1. The predicted molar refractivity (Wildman–Crippen MR) is 108 cm³/mol. The summed E-state index contributed by atoms with van der Waals surface area (Å²) in [5.74, 6) is 1.10. The first kappa shape index (κ1) is 19.0. The predicted octanol–water partition coefficient (Wildman–Crippen LogP) is 2.37. The molecule has 3 rings (SSSR count). The average molecular weight is 367 g/mol. The maximum absolute atomic E-state index is 11.7. The molecule has 0 spiro atoms. The smallest absolute Gasteiger partial charge is 0.222 e. The van der Waals surface area contributed by atoms with Crippen LogP contribution in [0, 0.1) is 0 Å². The fraction of sp³-hybridized carbons (Fsp3) is 0.429. The van der Waals surface area contributed by atoms with Crippen molar-refractivity contribution in [2.75, 3.05) is 19.6 Å². The Labute approximate surface area is 161 Å². The molecule has 6 nitrogen and oxygen atoms in total. The molecular formula is C21H29N5O. The Hall–Kier alpha value is -2.76. The molecule has 0 atom stereocenters. The normalized spacial score (nSPS) is 14.6. The molecule has 0 radical (unpaired) electrons. The van der Waals surface area contributed by atoms with Gasteiger partial charge >= 0.3 is 0 Å². The molecule has 0 bridgehead atoms. The summed E-state index contributed by atoms with van der Waals surface area (Å²) in [5, 5.41) is 6.65. The Morgan fingerprint density at radius 1 is 1.11 bits per heavy atom. The highest BCUT2D eigenvalue weighted by atomic mass is 16.2. The topological polar surface area (TPSA) is 61.7 Å². The van der Waals surface area contributed by atoms with Crippen LogP contribution in [0.4, 0.5) is 0 Å². The maximum atomic E-state index is 11.7. The Morgan fingerprint density at radius 2 is 1.85 bits per heavy atom. The van der Waals surface area contributed by atoms with Crippen molar-refractivity contribution in [2.45, 2.75) is 39.4 Å². The molecule has 27 heavy (non-hydrogen) atoms. The summed E-state index contributed by atoms with van der Waals surface area (Å²) in [7, 11) is 0. The van der Waals surface area contributed by atoms with E-state index in [0.717, 1.165) is 44.1 Å². The number of carbonyl (C=O) groups excluding carboxylic acids is 1. The molecule has 0 aliphatic carbocycles. The molecule has 0 unspecified atom stereocenters. The van der Waals surface area contributed by atoms with Gasteiger partial charge in [-0.25, -0.2) is 4.99 Å². The highest BCUT2D eigenvalue weighted by Gasteiger charge is 2.19. The maximum Gasteiger partial charge on any atom is 0.222 e. The van der Waals surface area contributed by atoms with Gasteiger partial charge in [-0.2, -0.15) is 0 Å². The van der Waals surface area contributed by atoms with Gasteiger partial charge in [-0.1, -0.05) is 24.3 Å². The van der Waals surface area contributed by atoms with Gasteiger partial charge in [0.1, 0.15) is 0 Å². The van der Waals surface area contributed by atoms with E-state index in [-0.39, 0.29) is 5.91 Å². The Bertz CT molecular complexity index is 736. The number of hydrogen-bond donors (Lipinski definition) is 2. The second-order valence-corrected chi connectivity index (χ2v) is 6.78. The second kappa shape index (κ2) is 9.80. The van der Waals surface area contributed by atoms with Crippen molar-refractivity contribution in [3.05, 3.63) is 59.9 Å². The number of benzene rings is 1. The largest absolute Gasteiger partial charge is 0.357 e. The van der Waals surface area contributed by atoms with Crippen LogP contribution >= 0.6 is 0 Å². The molecular weight excluding hydrogens is 338 g/mol. The molecule has 1 aromatic carbocycles. The monoisotopic (exact) mass is 367 g/mol. The minimum absolute atomic E-state index is 0.268. The highest BCUT2D eigenvalue weighted by Crippen LogP contribution is 2.15. The fourth-order valence-electron chi connectivity index (χ4n) is 3.18. The zero-order chi connectivity index (χ0) is 18.9. The first-order chi connectivity index (χ1) is 13.2. The number of nitrogens with zero attached hydrogens (tertiary/aromatic N) is 3. The standard InChI is InChI=1S/C21H29N5O/c1-2-22-21(23-11-15-25-12-3-4-13-25)24-16-18-7-9-19(10-8-18)17-26-14-5-6-20(26)27/h3-4,7-10,12-13H,2,5-6,11,14-17H2,1H3,(H2,22,23,24). The number of aromatic nitrogens is 1. The lowest BCUT2D eigenvalue weighted by Crippen LogP contribution is -2.38. The molecule has 1 aliphatic heterocycles. The van der Waals surface area contributed by atoms with Gasteiger partial charge in [-0.3, -0.25) is 4.79 Å². The number of rotatable bonds is 8. The number of amides is 1. The molecule has 2 aromatic rings. The minimum atomic E-state index is 0.268. The lowest BCUT2D eigenvalue weighted by atomic mass is 10.1. The van der Waals surface area contributed by atoms with Crippen LogP contribution in [0.5, 0.6) is 0 Å². The van der Waals surface area contributed by atoms with E-state index in [9.17, 15) is 4.79 Å². The molecule has 0 saturated carbocycles. The van der Waals surface area contributed by atoms with Crippen LogP contribution in [-0.2, 0) is 24.4 Å². The van der Waals surface area contributed by atoms with Crippen LogP contribution in [-0.4, -0.2) is 41.0 Å². The van der Waals surface area contributed by atoms with Crippen molar-refractivity contribution in [2.24, 2.45) is 4.99 Å². The number of guanidine groups is 1. The third-order valence-corrected chi connectivity index (χ3v) is 4.66. The van der Waals surface area contributed by atoms with Crippen molar-refractivity contribution >= 4 is 11.9 Å². The molecule has 1 amide bonds. The molecule has 144 valence electrons. The van der Waals surface area contributed by atoms with E-state index in [1.165, 1.54) is 5.56 Å². The first-order valence-electron chi connectivity index (χ1n) is 9.73. The third-order valence-electron chi connectivity index (χ3n) is 4.66. The summed E-state index contributed by atoms with van der Waals surface area (Å²) in [6.45, 7) is 6.85. The Morgan fingerprint density at radius 3 is 2.52 bits per heavy atom. The van der Waals surface area contributed by atoms with Crippen molar-refractivity contribution in [3.63, 3.8) is 0 Å². The van der Waals surface area contributed by atoms with Gasteiger partial charge in [0.05, 0.1) is 6.54 Å². The Kier molecular flexibility index (Phi) is 6.90. The van der Waals surface area contributed by atoms with Crippen LogP contribution in [0.2, 0.25) is 0 Å². The van der Waals surface area contributed by atoms with Crippen molar-refractivity contribution < 1.29 is 4.79 Å². The fourth-order valence-corrected chi connectivity index (χ4v) is 3.18. The lowest BCUT2D eigenvalue weighted by molar-refractivity contribution is -0.128. The van der Waals surface area contributed by atoms with Gasteiger partial charge in [-0.15, -0.1) is 0 Å². The second-order valence-electron chi connectivity index (χ2n) is 6.78. The summed E-state index contributed by atoms with van der Waals surface area (Å²) in [6.07, 6.45) is 5.79. The van der Waals surface area contributed by atoms with E-state index >= 15 is 0 Å². The Balaban J connectivity index is 1.49. The lowest BCUT2D eigenvalue weighted by Gasteiger charge is -2.15. The third kappa shape index (κ3) is 5.88. The molecule has 2 N–H and O–H groups in total. The van der Waals surface area contributed by atoms with Crippen LogP contribution in [0.25, 0.3) is 0 Å². The van der Waals surface area contributed by atoms with E-state index in [2.05, 4.69) is 63.8 Å². The van der Waals surface area contributed by atoms with Gasteiger partial charge < -0.3 is 20.1 Å². The molecule has 6 heteroatoms. The summed E-state index contributed by atoms with van der Waals surface area (Å²) in [4.78, 5) is 18.3. The zero-order valence-electron chi connectivity index (χ0n) is 16.0. The summed E-state index contributed by atoms with van der Waals surface area (Å²) < 4.78 is 2.14. The molecule has 1 fully saturated rings. The molecule has 1 saturated heterocycles. The quantitative estimate of drug-likeness (QED) is 0.556. The minimum Gasteiger partial charge on any atom is -0.357 e. The molecule has 1 aliphatic rings. The van der Waals surface area contributed by atoms with Crippen LogP contribution in [0.1, 0.15) is 30.9 Å². The van der Waals surface area contributed by atoms with Gasteiger partial charge in [0, 0.05) is 51.5 Å². The number of carbonyl (C=O) groups is 1. The van der Waals surface area contributed by atoms with E-state index in [1.807, 2.05) is 17.0 Å². The van der Waals surface area contributed by atoms with Gasteiger partial charge in [0.15, 0.2) is 5.96 Å². The van der Waals surface area contributed by atoms with Crippen molar-refractivity contribution in [1.29, 1.82) is 0 Å². The van der Waals surface area contributed by atoms with Gasteiger partial charge in [0.2, 0.25) is 5.91 Å². The van der Waals surface area contributed by atoms with Gasteiger partial charge in [-0.05, 0) is 36.6 Å². The summed E-state index contributed by atoms with van der Waals surface area (Å²) in [5.41, 5.74) is 2.34. The van der Waals surface area contributed by atoms with Crippen molar-refractivity contribution in [1.82, 2.24) is 20.1 Å². The highest BCUT2D eigenvalue weighted by molar-refractivity contribution is 5.79. The van der Waals surface area contributed by atoms with E-state index in [4.69, 9.17) is 0 Å². The van der Waals surface area contributed by atoms with E-state index in [1.54, 1.807) is 0 Å². The van der Waals surface area contributed by atoms with Crippen LogP contribution in [0.15, 0.2) is 53.8 Å². The summed E-state index contributed by atoms with van der Waals surface area (Å²) in [6, 6.07) is 12.5. The average Bonchev–Trinajstić information content (AvgIpc) is 3.33. The number of hydrogen-bond acceptors (Lipinski definition) is 2. The van der Waals surface area contributed by atoms with Crippen molar-refractivity contribution in [3.8, 4) is 0 Å². The van der Waals surface area contributed by atoms with Crippen LogP contribution in [0.3, 0.4) is 0 Å². The van der Waals surface area contributed by atoms with Crippen LogP contribution < -0.4 is 10.6 Å². The number of nitrogens with one attached hydrogen (secondary N) is 2. The first-order valence-corrected chi connectivity index (χ1v) is 9.73.